The molecule has 0 fully saturated rings. The summed E-state index contributed by atoms with van der Waals surface area (Å²) in [4.78, 5) is 0. The first-order valence-electron chi connectivity index (χ1n) is 13.7. The quantitative estimate of drug-likeness (QED) is 0.0728. The number of fused-ring (bicyclic) bond motifs is 3. The molecule has 53 heavy (non-hydrogen) atoms. The summed E-state index contributed by atoms with van der Waals surface area (Å²) < 4.78 is 318. The van der Waals surface area contributed by atoms with Gasteiger partial charge in [0.05, 0.1) is 22.3 Å². The summed E-state index contributed by atoms with van der Waals surface area (Å²) in [6.45, 7) is -0.393. The summed E-state index contributed by atoms with van der Waals surface area (Å²) >= 11 is 0. The Morgan fingerprint density at radius 3 is 0.491 bits per heavy atom. The molecule has 6 aromatic carbocycles. The van der Waals surface area contributed by atoms with E-state index in [2.05, 4.69) is 0 Å². The first-order chi connectivity index (χ1) is 24.5. The summed E-state index contributed by atoms with van der Waals surface area (Å²) in [5.41, 5.74) is -8.46. The zero-order valence-corrected chi connectivity index (χ0v) is 24.5. The average molecular weight is 785 g/mol. The van der Waals surface area contributed by atoms with Crippen LogP contribution in [-0.2, 0) is 0 Å². The minimum Gasteiger partial charge on any atom is -0.207 e. The Bertz CT molecular complexity index is 2390. The second kappa shape index (κ2) is 11.9. The molecular formula is C31H3BF21-. The first-order valence-corrected chi connectivity index (χ1v) is 13.7. The standard InChI is InChI=1S/C31H3BF21/c1-32(8-2-5(14(36)23(45)20(8)42)17(39)29(51)26(48)11(2)33,9-3-6(15(37)24(46)21(9)43)18(40)30(52)27(49)12(3)34)10-4-7(16(38)25(47)22(10)44)19(41)31(53)28(50)13(4)35/h1H3/q-1. The van der Waals surface area contributed by atoms with Crippen LogP contribution in [-0.4, -0.2) is 6.15 Å². The monoisotopic (exact) mass is 785 g/mol. The maximum absolute atomic E-state index is 16.2. The highest BCUT2D eigenvalue weighted by Gasteiger charge is 2.45. The Labute approximate surface area is 276 Å². The van der Waals surface area contributed by atoms with Crippen molar-refractivity contribution in [1.29, 1.82) is 0 Å². The molecule has 6 rings (SSSR count). The smallest absolute Gasteiger partial charge is 0.198 e. The van der Waals surface area contributed by atoms with Crippen molar-refractivity contribution in [3.63, 3.8) is 0 Å². The van der Waals surface area contributed by atoms with Gasteiger partial charge in [0.25, 0.3) is 0 Å². The molecular weight excluding hydrogens is 782 g/mol. The van der Waals surface area contributed by atoms with Crippen LogP contribution in [0.2, 0.25) is 6.82 Å². The van der Waals surface area contributed by atoms with Crippen molar-refractivity contribution in [3.8, 4) is 0 Å². The minimum atomic E-state index is -6.04. The van der Waals surface area contributed by atoms with E-state index in [0.717, 1.165) is 0 Å². The van der Waals surface area contributed by atoms with E-state index in [1.54, 1.807) is 0 Å². The Balaban J connectivity index is 2.16. The number of benzene rings is 6. The van der Waals surface area contributed by atoms with Gasteiger partial charge in [-0.3, -0.25) is 0 Å². The van der Waals surface area contributed by atoms with E-state index in [1.165, 1.54) is 0 Å². The normalized spacial score (nSPS) is 12.3. The van der Waals surface area contributed by atoms with Crippen molar-refractivity contribution >= 4 is 54.9 Å². The van der Waals surface area contributed by atoms with Crippen molar-refractivity contribution < 1.29 is 92.2 Å². The van der Waals surface area contributed by atoms with Crippen LogP contribution in [0, 0.1) is 122 Å². The molecule has 0 amide bonds. The van der Waals surface area contributed by atoms with Crippen LogP contribution in [0.25, 0.3) is 32.3 Å². The second-order valence-electron chi connectivity index (χ2n) is 11.4. The lowest BCUT2D eigenvalue weighted by Crippen LogP contribution is -2.69. The Kier molecular flexibility index (Phi) is 8.38. The van der Waals surface area contributed by atoms with Crippen molar-refractivity contribution in [3.05, 3.63) is 122 Å². The third kappa shape index (κ3) is 4.46. The predicted molar refractivity (Wildman–Crippen MR) is 141 cm³/mol. The molecule has 0 aliphatic heterocycles. The SMILES string of the molecule is C[B-](c1c(F)c(F)c(F)c2c(F)c(F)c(F)c(F)c12)(c1c(F)c(F)c(F)c2c(F)c(F)c(F)c(F)c12)c1c(F)c(F)c(F)c2c(F)c(F)c(F)c(F)c12. The zero-order valence-electron chi connectivity index (χ0n) is 24.5. The summed E-state index contributed by atoms with van der Waals surface area (Å²) in [5.74, 6) is -66.5. The molecule has 0 spiro atoms. The van der Waals surface area contributed by atoms with Crippen molar-refractivity contribution in [2.75, 3.05) is 0 Å². The molecule has 0 nitrogen and oxygen atoms in total. The van der Waals surface area contributed by atoms with Crippen LogP contribution in [0.1, 0.15) is 0 Å². The number of halogens is 21. The van der Waals surface area contributed by atoms with Gasteiger partial charge in [-0.2, -0.15) is 23.2 Å². The molecule has 278 valence electrons. The number of rotatable bonds is 3. The Hall–Kier alpha value is -5.31. The highest BCUT2D eigenvalue weighted by molar-refractivity contribution is 7.13. The third-order valence-electron chi connectivity index (χ3n) is 8.87. The van der Waals surface area contributed by atoms with Gasteiger partial charge in [0.15, 0.2) is 105 Å². The van der Waals surface area contributed by atoms with Crippen molar-refractivity contribution in [2.45, 2.75) is 6.82 Å². The van der Waals surface area contributed by atoms with Gasteiger partial charge in [-0.05, 0) is 16.2 Å². The van der Waals surface area contributed by atoms with Gasteiger partial charge in [0.2, 0.25) is 0 Å². The molecule has 0 aliphatic carbocycles. The van der Waals surface area contributed by atoms with E-state index in [-0.39, 0.29) is 0 Å². The summed E-state index contributed by atoms with van der Waals surface area (Å²) in [7, 11) is 0. The molecule has 6 aromatic rings. The highest BCUT2D eigenvalue weighted by atomic mass is 19.2. The molecule has 0 aliphatic rings. The Morgan fingerprint density at radius 1 is 0.189 bits per heavy atom. The van der Waals surface area contributed by atoms with Crippen LogP contribution < -0.4 is 16.4 Å². The van der Waals surface area contributed by atoms with Crippen LogP contribution in [0.3, 0.4) is 0 Å². The molecule has 0 saturated heterocycles. The molecule has 0 unspecified atom stereocenters. The lowest BCUT2D eigenvalue weighted by Gasteiger charge is -2.42. The first kappa shape index (κ1) is 37.5. The van der Waals surface area contributed by atoms with Gasteiger partial charge in [-0.1, -0.05) is 0 Å². The van der Waals surface area contributed by atoms with E-state index in [4.69, 9.17) is 0 Å². The van der Waals surface area contributed by atoms with Crippen LogP contribution in [0.15, 0.2) is 0 Å². The van der Waals surface area contributed by atoms with Gasteiger partial charge in [0, 0.05) is 0 Å². The molecule has 0 aromatic heterocycles. The largest absolute Gasteiger partial charge is 0.207 e. The lowest BCUT2D eigenvalue weighted by molar-refractivity contribution is 0.410. The molecule has 0 radical (unpaired) electrons. The van der Waals surface area contributed by atoms with Gasteiger partial charge < -0.3 is 0 Å². The van der Waals surface area contributed by atoms with E-state index < -0.39 is 184 Å². The van der Waals surface area contributed by atoms with E-state index in [1.807, 2.05) is 0 Å². The summed E-state index contributed by atoms with van der Waals surface area (Å²) in [5, 5.41) is -16.0. The predicted octanol–water partition coefficient (Wildman–Crippen LogP) is 9.17. The fourth-order valence-corrected chi connectivity index (χ4v) is 6.63. The second-order valence-corrected chi connectivity index (χ2v) is 11.4. The van der Waals surface area contributed by atoms with Crippen molar-refractivity contribution in [1.82, 2.24) is 0 Å². The molecule has 0 bridgehead atoms. The Morgan fingerprint density at radius 2 is 0.321 bits per heavy atom. The average Bonchev–Trinajstić information content (AvgIpc) is 3.12. The van der Waals surface area contributed by atoms with Gasteiger partial charge in [-0.15, -0.1) is 0 Å². The number of hydrogen-bond donors (Lipinski definition) is 0. The topological polar surface area (TPSA) is 0 Å². The van der Waals surface area contributed by atoms with E-state index in [0.29, 0.717) is 0 Å². The molecule has 0 heterocycles. The van der Waals surface area contributed by atoms with Gasteiger partial charge in [0.1, 0.15) is 17.5 Å². The highest BCUT2D eigenvalue weighted by Crippen LogP contribution is 2.39. The zero-order chi connectivity index (χ0) is 39.8. The fourth-order valence-electron chi connectivity index (χ4n) is 6.63. The van der Waals surface area contributed by atoms with Crippen LogP contribution in [0.4, 0.5) is 92.2 Å². The molecule has 0 atom stereocenters. The summed E-state index contributed by atoms with van der Waals surface area (Å²) in [6.07, 6.45) is -6.04. The minimum absolute atomic E-state index is 0.393. The fraction of sp³-hybridized carbons (Fsp3) is 0.0323. The summed E-state index contributed by atoms with van der Waals surface area (Å²) in [6, 6.07) is 0. The molecule has 0 saturated carbocycles. The molecule has 22 heteroatoms. The maximum Gasteiger partial charge on any atom is 0.198 e. The maximum atomic E-state index is 16.2. The molecule has 0 N–H and O–H groups in total. The van der Waals surface area contributed by atoms with Crippen LogP contribution >= 0.6 is 0 Å². The van der Waals surface area contributed by atoms with Gasteiger partial charge >= 0.3 is 0 Å². The van der Waals surface area contributed by atoms with E-state index >= 15 is 65.9 Å². The van der Waals surface area contributed by atoms with E-state index in [9.17, 15) is 26.3 Å². The number of hydrogen-bond acceptors (Lipinski definition) is 0. The van der Waals surface area contributed by atoms with Crippen molar-refractivity contribution in [2.24, 2.45) is 0 Å². The third-order valence-corrected chi connectivity index (χ3v) is 8.87. The lowest BCUT2D eigenvalue weighted by atomic mass is 9.15. The van der Waals surface area contributed by atoms with Gasteiger partial charge in [-0.25, -0.2) is 92.2 Å². The van der Waals surface area contributed by atoms with Crippen LogP contribution in [0.5, 0.6) is 0 Å².